The molecule has 0 N–H and O–H groups in total. The van der Waals surface area contributed by atoms with Crippen LogP contribution in [0.2, 0.25) is 0 Å². The summed E-state index contributed by atoms with van der Waals surface area (Å²) in [5, 5.41) is 4.00. The Kier molecular flexibility index (Phi) is 2.13. The molecule has 1 aliphatic heterocycles. The van der Waals surface area contributed by atoms with Crippen LogP contribution in [0.25, 0.3) is 0 Å². The van der Waals surface area contributed by atoms with Gasteiger partial charge in [0.25, 0.3) is 0 Å². The molecule has 1 radical (unpaired) electrons. The Morgan fingerprint density at radius 1 is 1.23 bits per heavy atom. The quantitative estimate of drug-likeness (QED) is 0.651. The largest absolute Gasteiger partial charge is 0.159 e. The van der Waals surface area contributed by atoms with Crippen LogP contribution in [0, 0.1) is 6.92 Å². The molecule has 2 heteroatoms. The SMILES string of the molecule is Cc1ccccc1CC1=N[N]C=C1. The van der Waals surface area contributed by atoms with E-state index >= 15 is 0 Å². The molecule has 0 spiro atoms. The standard InChI is InChI=1S/C11H11N2/c1-9-4-2-3-5-10(9)8-11-6-7-12-13-11/h2-7H,8H2,1H3. The van der Waals surface area contributed by atoms with Crippen molar-refractivity contribution in [3.8, 4) is 0 Å². The van der Waals surface area contributed by atoms with Crippen LogP contribution < -0.4 is 5.43 Å². The zero-order valence-corrected chi connectivity index (χ0v) is 7.57. The molecule has 2 nitrogen and oxygen atoms in total. The third-order valence-corrected chi connectivity index (χ3v) is 2.15. The van der Waals surface area contributed by atoms with Crippen molar-refractivity contribution >= 4 is 5.71 Å². The Hall–Kier alpha value is -1.57. The summed E-state index contributed by atoms with van der Waals surface area (Å²) in [4.78, 5) is 0. The van der Waals surface area contributed by atoms with Crippen molar-refractivity contribution in [2.75, 3.05) is 0 Å². The van der Waals surface area contributed by atoms with E-state index in [0.717, 1.165) is 12.1 Å². The highest BCUT2D eigenvalue weighted by Crippen LogP contribution is 2.09. The van der Waals surface area contributed by atoms with Crippen LogP contribution in [0.3, 0.4) is 0 Å². The normalized spacial score (nSPS) is 14.1. The highest BCUT2D eigenvalue weighted by atomic mass is 15.3. The van der Waals surface area contributed by atoms with Gasteiger partial charge in [0.05, 0.1) is 11.9 Å². The lowest BCUT2D eigenvalue weighted by molar-refractivity contribution is 0.966. The summed E-state index contributed by atoms with van der Waals surface area (Å²) < 4.78 is 0. The van der Waals surface area contributed by atoms with Crippen molar-refractivity contribution in [2.45, 2.75) is 13.3 Å². The third-order valence-electron chi connectivity index (χ3n) is 2.15. The van der Waals surface area contributed by atoms with E-state index in [1.165, 1.54) is 11.1 Å². The molecule has 0 bridgehead atoms. The topological polar surface area (TPSA) is 26.5 Å². The van der Waals surface area contributed by atoms with E-state index in [4.69, 9.17) is 0 Å². The van der Waals surface area contributed by atoms with Gasteiger partial charge in [-0.1, -0.05) is 24.3 Å². The van der Waals surface area contributed by atoms with Gasteiger partial charge in [-0.05, 0) is 24.1 Å². The van der Waals surface area contributed by atoms with E-state index in [0.29, 0.717) is 0 Å². The van der Waals surface area contributed by atoms with Gasteiger partial charge in [0.2, 0.25) is 0 Å². The first kappa shape index (κ1) is 8.05. The lowest BCUT2D eigenvalue weighted by atomic mass is 10.0. The summed E-state index contributed by atoms with van der Waals surface area (Å²) in [6.45, 7) is 2.12. The molecule has 0 aromatic heterocycles. The predicted molar refractivity (Wildman–Crippen MR) is 53.6 cm³/mol. The van der Waals surface area contributed by atoms with Gasteiger partial charge in [0.15, 0.2) is 0 Å². The number of rotatable bonds is 2. The number of benzene rings is 1. The summed E-state index contributed by atoms with van der Waals surface area (Å²) in [6.07, 6.45) is 4.56. The Morgan fingerprint density at radius 2 is 2.08 bits per heavy atom. The highest BCUT2D eigenvalue weighted by Gasteiger charge is 2.03. The Bertz CT molecular complexity index is 364. The molecule has 0 amide bonds. The van der Waals surface area contributed by atoms with Gasteiger partial charge in [0, 0.05) is 6.42 Å². The van der Waals surface area contributed by atoms with Crippen LogP contribution in [0.5, 0.6) is 0 Å². The van der Waals surface area contributed by atoms with Crippen molar-refractivity contribution in [3.63, 3.8) is 0 Å². The van der Waals surface area contributed by atoms with Crippen LogP contribution >= 0.6 is 0 Å². The maximum Gasteiger partial charge on any atom is 0.0690 e. The Balaban J connectivity index is 2.18. The minimum Gasteiger partial charge on any atom is -0.159 e. The molecule has 1 aromatic rings. The first-order valence-corrected chi connectivity index (χ1v) is 4.34. The average molecular weight is 171 g/mol. The van der Waals surface area contributed by atoms with Gasteiger partial charge in [0.1, 0.15) is 0 Å². The van der Waals surface area contributed by atoms with Gasteiger partial charge < -0.3 is 0 Å². The fraction of sp³-hybridized carbons (Fsp3) is 0.182. The molecule has 1 aliphatic rings. The molecule has 0 saturated heterocycles. The average Bonchev–Trinajstić information content (AvgIpc) is 2.61. The van der Waals surface area contributed by atoms with Crippen LogP contribution in [0.15, 0.2) is 41.6 Å². The van der Waals surface area contributed by atoms with Crippen molar-refractivity contribution in [3.05, 3.63) is 47.7 Å². The molecule has 65 valence electrons. The summed E-state index contributed by atoms with van der Waals surface area (Å²) >= 11 is 0. The lowest BCUT2D eigenvalue weighted by Gasteiger charge is -2.02. The minimum atomic E-state index is 0.882. The van der Waals surface area contributed by atoms with E-state index in [9.17, 15) is 0 Å². The predicted octanol–water partition coefficient (Wildman–Crippen LogP) is 2.03. The highest BCUT2D eigenvalue weighted by molar-refractivity contribution is 5.97. The van der Waals surface area contributed by atoms with Crippen molar-refractivity contribution in [2.24, 2.45) is 5.10 Å². The molecule has 0 unspecified atom stereocenters. The number of aryl methyl sites for hydroxylation is 1. The van der Waals surface area contributed by atoms with Crippen LogP contribution in [-0.2, 0) is 6.42 Å². The van der Waals surface area contributed by atoms with E-state index < -0.39 is 0 Å². The monoisotopic (exact) mass is 171 g/mol. The smallest absolute Gasteiger partial charge is 0.0690 e. The molecule has 1 aromatic carbocycles. The molecule has 0 aliphatic carbocycles. The Labute approximate surface area is 78.0 Å². The van der Waals surface area contributed by atoms with E-state index in [2.05, 4.69) is 41.7 Å². The fourth-order valence-corrected chi connectivity index (χ4v) is 1.36. The summed E-state index contributed by atoms with van der Waals surface area (Å²) in [7, 11) is 0. The molecular formula is C11H11N2. The van der Waals surface area contributed by atoms with Gasteiger partial charge >= 0.3 is 0 Å². The van der Waals surface area contributed by atoms with Gasteiger partial charge in [-0.3, -0.25) is 0 Å². The molecule has 2 rings (SSSR count). The van der Waals surface area contributed by atoms with Gasteiger partial charge in [-0.25, -0.2) is 0 Å². The maximum atomic E-state index is 4.00. The molecule has 0 atom stereocenters. The summed E-state index contributed by atoms with van der Waals surface area (Å²) in [6, 6.07) is 8.35. The van der Waals surface area contributed by atoms with Crippen LogP contribution in [0.4, 0.5) is 0 Å². The van der Waals surface area contributed by atoms with Crippen molar-refractivity contribution < 1.29 is 0 Å². The second-order valence-corrected chi connectivity index (χ2v) is 3.13. The number of hydrogen-bond donors (Lipinski definition) is 0. The van der Waals surface area contributed by atoms with E-state index in [1.807, 2.05) is 6.08 Å². The molecule has 13 heavy (non-hydrogen) atoms. The van der Waals surface area contributed by atoms with Crippen molar-refractivity contribution in [1.82, 2.24) is 5.43 Å². The zero-order chi connectivity index (χ0) is 9.10. The number of nitrogens with zero attached hydrogens (tertiary/aromatic N) is 2. The van der Waals surface area contributed by atoms with E-state index in [-0.39, 0.29) is 0 Å². The molecule has 0 fully saturated rings. The first-order chi connectivity index (χ1) is 6.36. The second-order valence-electron chi connectivity index (χ2n) is 3.13. The molecule has 0 saturated carbocycles. The summed E-state index contributed by atoms with van der Waals surface area (Å²) in [5.74, 6) is 0. The lowest BCUT2D eigenvalue weighted by Crippen LogP contribution is -1.99. The molecular weight excluding hydrogens is 160 g/mol. The van der Waals surface area contributed by atoms with Gasteiger partial charge in [-0.15, -0.1) is 0 Å². The van der Waals surface area contributed by atoms with Crippen LogP contribution in [-0.4, -0.2) is 5.71 Å². The maximum absolute atomic E-state index is 4.00. The first-order valence-electron chi connectivity index (χ1n) is 4.34. The summed E-state index contributed by atoms with van der Waals surface area (Å²) in [5.41, 5.74) is 7.47. The van der Waals surface area contributed by atoms with E-state index in [1.54, 1.807) is 6.20 Å². The minimum absolute atomic E-state index is 0.882. The molecule has 1 heterocycles. The van der Waals surface area contributed by atoms with Crippen LogP contribution in [0.1, 0.15) is 11.1 Å². The van der Waals surface area contributed by atoms with Crippen molar-refractivity contribution in [1.29, 1.82) is 0 Å². The third kappa shape index (κ3) is 1.78. The zero-order valence-electron chi connectivity index (χ0n) is 7.57. The number of allylic oxidation sites excluding steroid dienone is 1. The fourth-order valence-electron chi connectivity index (χ4n) is 1.36. The number of hydrogen-bond acceptors (Lipinski definition) is 1. The van der Waals surface area contributed by atoms with Gasteiger partial charge in [-0.2, -0.15) is 10.5 Å². The Morgan fingerprint density at radius 3 is 2.77 bits per heavy atom. The second kappa shape index (κ2) is 3.44.